The molecule has 0 saturated heterocycles. The smallest absolute Gasteiger partial charge is 0.105 e. The Morgan fingerprint density at radius 2 is 1.90 bits per heavy atom. The molecule has 0 aliphatic carbocycles. The van der Waals surface area contributed by atoms with Crippen molar-refractivity contribution in [3.63, 3.8) is 0 Å². The molecular weight excluding hydrogens is 248 g/mol. The first-order valence-electron chi connectivity index (χ1n) is 6.84. The highest BCUT2D eigenvalue weighted by Gasteiger charge is 2.15. The minimum atomic E-state index is 0.174. The predicted molar refractivity (Wildman–Crippen MR) is 79.3 cm³/mol. The Balaban J connectivity index is 2.13. The summed E-state index contributed by atoms with van der Waals surface area (Å²) < 4.78 is 5.58. The fourth-order valence-corrected chi connectivity index (χ4v) is 2.52. The molecule has 0 bridgehead atoms. The number of rotatable bonds is 4. The van der Waals surface area contributed by atoms with Gasteiger partial charge in [0.05, 0.1) is 11.6 Å². The largest absolute Gasteiger partial charge is 0.466 e. The van der Waals surface area contributed by atoms with Gasteiger partial charge in [0.15, 0.2) is 0 Å². The number of nitriles is 1. The van der Waals surface area contributed by atoms with Crippen molar-refractivity contribution >= 4 is 0 Å². The highest BCUT2D eigenvalue weighted by atomic mass is 16.3. The van der Waals surface area contributed by atoms with E-state index in [0.717, 1.165) is 17.1 Å². The number of nitrogens with one attached hydrogen (secondary N) is 1. The van der Waals surface area contributed by atoms with Crippen LogP contribution in [0.15, 0.2) is 34.7 Å². The third kappa shape index (κ3) is 3.09. The van der Waals surface area contributed by atoms with Gasteiger partial charge in [0, 0.05) is 17.6 Å². The Morgan fingerprint density at radius 3 is 2.50 bits per heavy atom. The molecule has 20 heavy (non-hydrogen) atoms. The molecule has 0 aliphatic heterocycles. The van der Waals surface area contributed by atoms with Crippen LogP contribution in [-0.2, 0) is 0 Å². The molecule has 0 amide bonds. The van der Waals surface area contributed by atoms with Gasteiger partial charge in [-0.05, 0) is 51.5 Å². The number of benzene rings is 1. The summed E-state index contributed by atoms with van der Waals surface area (Å²) in [6, 6.07) is 12.3. The maximum absolute atomic E-state index is 8.96. The Bertz CT molecular complexity index is 637. The second-order valence-electron chi connectivity index (χ2n) is 5.22. The van der Waals surface area contributed by atoms with Crippen LogP contribution in [-0.4, -0.2) is 0 Å². The Morgan fingerprint density at radius 1 is 1.15 bits per heavy atom. The second-order valence-corrected chi connectivity index (χ2v) is 5.22. The SMILES string of the molecule is Cc1cc(C(C)NC(C)c2cccc(C#N)c2)c(C)o1. The third-order valence-corrected chi connectivity index (χ3v) is 3.56. The first-order valence-corrected chi connectivity index (χ1v) is 6.84. The van der Waals surface area contributed by atoms with Gasteiger partial charge in [-0.1, -0.05) is 12.1 Å². The van der Waals surface area contributed by atoms with E-state index < -0.39 is 0 Å². The minimum absolute atomic E-state index is 0.174. The van der Waals surface area contributed by atoms with Crippen molar-refractivity contribution in [2.24, 2.45) is 0 Å². The van der Waals surface area contributed by atoms with E-state index in [1.165, 1.54) is 5.56 Å². The van der Waals surface area contributed by atoms with E-state index in [-0.39, 0.29) is 12.1 Å². The lowest BCUT2D eigenvalue weighted by atomic mass is 10.0. The molecule has 2 aromatic rings. The first-order chi connectivity index (χ1) is 9.51. The molecule has 3 nitrogen and oxygen atoms in total. The third-order valence-electron chi connectivity index (χ3n) is 3.56. The average molecular weight is 268 g/mol. The van der Waals surface area contributed by atoms with Gasteiger partial charge < -0.3 is 9.73 Å². The van der Waals surface area contributed by atoms with Gasteiger partial charge >= 0.3 is 0 Å². The van der Waals surface area contributed by atoms with Crippen LogP contribution in [0.3, 0.4) is 0 Å². The van der Waals surface area contributed by atoms with E-state index in [2.05, 4.69) is 31.3 Å². The summed E-state index contributed by atoms with van der Waals surface area (Å²) in [7, 11) is 0. The molecule has 1 aromatic heterocycles. The molecule has 2 atom stereocenters. The van der Waals surface area contributed by atoms with Crippen LogP contribution in [0.25, 0.3) is 0 Å². The summed E-state index contributed by atoms with van der Waals surface area (Å²) in [4.78, 5) is 0. The monoisotopic (exact) mass is 268 g/mol. The van der Waals surface area contributed by atoms with Gasteiger partial charge in [-0.15, -0.1) is 0 Å². The Hall–Kier alpha value is -2.05. The summed E-state index contributed by atoms with van der Waals surface area (Å²) in [5, 5.41) is 12.5. The topological polar surface area (TPSA) is 49.0 Å². The van der Waals surface area contributed by atoms with Crippen LogP contribution >= 0.6 is 0 Å². The normalized spacial score (nSPS) is 13.8. The zero-order chi connectivity index (χ0) is 14.7. The molecule has 3 heteroatoms. The highest BCUT2D eigenvalue weighted by Crippen LogP contribution is 2.24. The van der Waals surface area contributed by atoms with Crippen LogP contribution in [0.2, 0.25) is 0 Å². The average Bonchev–Trinajstić information content (AvgIpc) is 2.77. The second kappa shape index (κ2) is 5.94. The van der Waals surface area contributed by atoms with E-state index in [0.29, 0.717) is 5.56 Å². The number of nitrogens with zero attached hydrogens (tertiary/aromatic N) is 1. The van der Waals surface area contributed by atoms with E-state index in [1.54, 1.807) is 0 Å². The van der Waals surface area contributed by atoms with Crippen molar-refractivity contribution in [3.8, 4) is 6.07 Å². The van der Waals surface area contributed by atoms with Crippen LogP contribution < -0.4 is 5.32 Å². The van der Waals surface area contributed by atoms with Crippen molar-refractivity contribution in [1.82, 2.24) is 5.32 Å². The van der Waals surface area contributed by atoms with Crippen molar-refractivity contribution in [2.45, 2.75) is 39.8 Å². The quantitative estimate of drug-likeness (QED) is 0.905. The molecule has 0 saturated carbocycles. The highest BCUT2D eigenvalue weighted by molar-refractivity contribution is 5.34. The van der Waals surface area contributed by atoms with Crippen LogP contribution in [0.4, 0.5) is 0 Å². The van der Waals surface area contributed by atoms with Crippen molar-refractivity contribution in [3.05, 3.63) is 58.5 Å². The van der Waals surface area contributed by atoms with E-state index in [4.69, 9.17) is 9.68 Å². The Labute approximate surface area is 120 Å². The van der Waals surface area contributed by atoms with Gasteiger partial charge in [0.2, 0.25) is 0 Å². The number of aryl methyl sites for hydroxylation is 2. The molecule has 1 aromatic carbocycles. The van der Waals surface area contributed by atoms with E-state index in [9.17, 15) is 0 Å². The van der Waals surface area contributed by atoms with E-state index in [1.807, 2.05) is 38.1 Å². The van der Waals surface area contributed by atoms with Gasteiger partial charge in [0.1, 0.15) is 11.5 Å². The van der Waals surface area contributed by atoms with Gasteiger partial charge in [-0.2, -0.15) is 5.26 Å². The lowest BCUT2D eigenvalue weighted by Crippen LogP contribution is -2.22. The minimum Gasteiger partial charge on any atom is -0.466 e. The fraction of sp³-hybridized carbons (Fsp3) is 0.353. The molecule has 0 fully saturated rings. The summed E-state index contributed by atoms with van der Waals surface area (Å²) >= 11 is 0. The molecule has 0 spiro atoms. The lowest BCUT2D eigenvalue weighted by Gasteiger charge is -2.20. The summed E-state index contributed by atoms with van der Waals surface area (Å²) in [5.41, 5.74) is 3.00. The van der Waals surface area contributed by atoms with Crippen LogP contribution in [0.5, 0.6) is 0 Å². The summed E-state index contributed by atoms with van der Waals surface area (Å²) in [5.74, 6) is 1.89. The number of hydrogen-bond acceptors (Lipinski definition) is 3. The lowest BCUT2D eigenvalue weighted by molar-refractivity contribution is 0.469. The van der Waals surface area contributed by atoms with Crippen LogP contribution in [0, 0.1) is 25.2 Å². The van der Waals surface area contributed by atoms with Crippen molar-refractivity contribution in [2.75, 3.05) is 0 Å². The number of furan rings is 1. The zero-order valence-corrected chi connectivity index (χ0v) is 12.4. The van der Waals surface area contributed by atoms with Gasteiger partial charge in [-0.25, -0.2) is 0 Å². The molecule has 2 rings (SSSR count). The molecule has 1 heterocycles. The van der Waals surface area contributed by atoms with Gasteiger partial charge in [0.25, 0.3) is 0 Å². The molecular formula is C17H20N2O. The predicted octanol–water partition coefficient (Wildman–Crippen LogP) is 4.18. The van der Waals surface area contributed by atoms with Crippen molar-refractivity contribution < 1.29 is 4.42 Å². The molecule has 2 unspecified atom stereocenters. The number of hydrogen-bond donors (Lipinski definition) is 1. The molecule has 0 radical (unpaired) electrons. The fourth-order valence-electron chi connectivity index (χ4n) is 2.52. The summed E-state index contributed by atoms with van der Waals surface area (Å²) in [6.45, 7) is 8.18. The summed E-state index contributed by atoms with van der Waals surface area (Å²) in [6.07, 6.45) is 0. The maximum atomic E-state index is 8.96. The first kappa shape index (κ1) is 14.4. The van der Waals surface area contributed by atoms with Crippen molar-refractivity contribution in [1.29, 1.82) is 5.26 Å². The van der Waals surface area contributed by atoms with Gasteiger partial charge in [-0.3, -0.25) is 0 Å². The molecule has 104 valence electrons. The maximum Gasteiger partial charge on any atom is 0.105 e. The van der Waals surface area contributed by atoms with Crippen LogP contribution in [0.1, 0.15) is 54.1 Å². The Kier molecular flexibility index (Phi) is 4.26. The molecule has 1 N–H and O–H groups in total. The standard InChI is InChI=1S/C17H20N2O/c1-11-8-17(14(4)20-11)13(3)19-12(2)16-7-5-6-15(9-16)10-18/h5-9,12-13,19H,1-4H3. The van der Waals surface area contributed by atoms with E-state index >= 15 is 0 Å². The molecule has 0 aliphatic rings. The zero-order valence-electron chi connectivity index (χ0n) is 12.4.